The Morgan fingerprint density at radius 1 is 1.17 bits per heavy atom. The molecule has 2 N–H and O–H groups in total. The van der Waals surface area contributed by atoms with Crippen molar-refractivity contribution in [2.75, 3.05) is 19.5 Å². The van der Waals surface area contributed by atoms with Crippen LogP contribution >= 0.6 is 11.8 Å². The zero-order chi connectivity index (χ0) is 25.4. The van der Waals surface area contributed by atoms with Gasteiger partial charge in [0.25, 0.3) is 17.5 Å². The standard InChI is InChI=1S/C25H20N2O8S/c1-33-25(26-21(29)15-5-3-2-4-6-15)23(32)27-20(22(30)31)16(13-36-24(25)27)12-34-17-9-7-14-8-10-19(28)35-18(14)11-17/h2-11,24H,12-13H2,1H3,(H,26,29)(H,30,31)/t24-,25+/m1/s1. The van der Waals surface area contributed by atoms with Gasteiger partial charge in [0.1, 0.15) is 29.0 Å². The summed E-state index contributed by atoms with van der Waals surface area (Å²) in [4.78, 5) is 50.7. The third kappa shape index (κ3) is 3.91. The van der Waals surface area contributed by atoms with E-state index in [4.69, 9.17) is 13.9 Å². The molecular weight excluding hydrogens is 488 g/mol. The minimum atomic E-state index is -1.69. The van der Waals surface area contributed by atoms with Crippen molar-refractivity contribution < 1.29 is 33.4 Å². The van der Waals surface area contributed by atoms with E-state index in [0.717, 1.165) is 4.90 Å². The van der Waals surface area contributed by atoms with Gasteiger partial charge in [-0.05, 0) is 30.3 Å². The van der Waals surface area contributed by atoms with Crippen LogP contribution in [0.3, 0.4) is 0 Å². The molecule has 3 heterocycles. The number of carbonyl (C=O) groups is 3. The van der Waals surface area contributed by atoms with Crippen molar-refractivity contribution in [1.29, 1.82) is 0 Å². The molecule has 2 aliphatic rings. The van der Waals surface area contributed by atoms with Crippen LogP contribution in [0.2, 0.25) is 0 Å². The van der Waals surface area contributed by atoms with Gasteiger partial charge >= 0.3 is 11.6 Å². The van der Waals surface area contributed by atoms with Crippen LogP contribution in [0.25, 0.3) is 11.0 Å². The predicted octanol–water partition coefficient (Wildman–Crippen LogP) is 2.20. The number of nitrogens with one attached hydrogen (secondary N) is 1. The topological polar surface area (TPSA) is 135 Å². The van der Waals surface area contributed by atoms with Gasteiger partial charge in [0.15, 0.2) is 0 Å². The highest BCUT2D eigenvalue weighted by atomic mass is 32.2. The normalized spacial score (nSPS) is 21.1. The molecule has 3 aromatic rings. The second kappa shape index (κ2) is 9.17. The first-order chi connectivity index (χ1) is 17.3. The largest absolute Gasteiger partial charge is 0.489 e. The zero-order valence-electron chi connectivity index (χ0n) is 18.9. The third-order valence-electron chi connectivity index (χ3n) is 5.98. The Morgan fingerprint density at radius 3 is 2.64 bits per heavy atom. The maximum absolute atomic E-state index is 13.2. The number of fused-ring (bicyclic) bond motifs is 2. The molecule has 0 aliphatic carbocycles. The molecule has 1 aromatic heterocycles. The summed E-state index contributed by atoms with van der Waals surface area (Å²) >= 11 is 1.26. The SMILES string of the molecule is CO[C@@]1(NC(=O)c2ccccc2)C(=O)N2C(C(=O)O)=C(COc3ccc4ccc(=O)oc4c3)CS[C@@H]21. The van der Waals surface area contributed by atoms with E-state index in [1.807, 2.05) is 0 Å². The Balaban J connectivity index is 1.38. The lowest BCUT2D eigenvalue weighted by atomic mass is 9.97. The first-order valence-corrected chi connectivity index (χ1v) is 11.9. The van der Waals surface area contributed by atoms with Crippen LogP contribution in [0.5, 0.6) is 5.75 Å². The number of hydrogen-bond donors (Lipinski definition) is 2. The number of benzene rings is 2. The van der Waals surface area contributed by atoms with Crippen molar-refractivity contribution in [1.82, 2.24) is 10.2 Å². The molecule has 0 unspecified atom stereocenters. The van der Waals surface area contributed by atoms with Gasteiger partial charge in [0.2, 0.25) is 0 Å². The first-order valence-electron chi connectivity index (χ1n) is 10.8. The lowest BCUT2D eigenvalue weighted by molar-refractivity contribution is -0.188. The van der Waals surface area contributed by atoms with E-state index in [-0.39, 0.29) is 18.1 Å². The highest BCUT2D eigenvalue weighted by Crippen LogP contribution is 2.46. The minimum absolute atomic E-state index is 0.107. The molecule has 2 amide bonds. The van der Waals surface area contributed by atoms with Crippen LogP contribution in [0.15, 0.2) is 81.1 Å². The molecule has 11 heteroatoms. The van der Waals surface area contributed by atoms with Gasteiger partial charge in [-0.25, -0.2) is 9.59 Å². The molecule has 2 aromatic carbocycles. The maximum Gasteiger partial charge on any atom is 0.352 e. The summed E-state index contributed by atoms with van der Waals surface area (Å²) in [5.74, 6) is -1.89. The Kier molecular flexibility index (Phi) is 6.02. The van der Waals surface area contributed by atoms with Crippen molar-refractivity contribution >= 4 is 40.5 Å². The number of ether oxygens (including phenoxy) is 2. The number of rotatable bonds is 7. The molecule has 2 aliphatic heterocycles. The van der Waals surface area contributed by atoms with E-state index in [1.165, 1.54) is 24.9 Å². The average Bonchev–Trinajstić information content (AvgIpc) is 2.89. The van der Waals surface area contributed by atoms with Crippen LogP contribution in [0, 0.1) is 0 Å². The Bertz CT molecular complexity index is 1470. The third-order valence-corrected chi connectivity index (χ3v) is 7.35. The van der Waals surface area contributed by atoms with E-state index in [1.54, 1.807) is 54.6 Å². The van der Waals surface area contributed by atoms with E-state index in [0.29, 0.717) is 27.9 Å². The second-order valence-corrected chi connectivity index (χ2v) is 9.17. The predicted molar refractivity (Wildman–Crippen MR) is 129 cm³/mol. The molecule has 5 rings (SSSR count). The van der Waals surface area contributed by atoms with Crippen molar-refractivity contribution in [3.8, 4) is 5.75 Å². The monoisotopic (exact) mass is 508 g/mol. The van der Waals surface area contributed by atoms with Gasteiger partial charge in [-0.15, -0.1) is 11.8 Å². The fourth-order valence-electron chi connectivity index (χ4n) is 4.19. The van der Waals surface area contributed by atoms with Crippen molar-refractivity contribution in [2.24, 2.45) is 0 Å². The van der Waals surface area contributed by atoms with Crippen LogP contribution in [-0.4, -0.2) is 58.4 Å². The van der Waals surface area contributed by atoms with E-state index < -0.39 is 34.5 Å². The number of β-lactam (4-membered cyclic amide) rings is 1. The summed E-state index contributed by atoms with van der Waals surface area (Å²) in [6.07, 6.45) is 0. The quantitative estimate of drug-likeness (QED) is 0.280. The highest BCUT2D eigenvalue weighted by molar-refractivity contribution is 8.00. The molecule has 184 valence electrons. The number of amides is 2. The number of carbonyl (C=O) groups excluding carboxylic acids is 2. The van der Waals surface area contributed by atoms with Crippen LogP contribution in [-0.2, 0) is 14.3 Å². The van der Waals surface area contributed by atoms with Crippen LogP contribution in [0.4, 0.5) is 0 Å². The lowest BCUT2D eigenvalue weighted by Crippen LogP contribution is -2.80. The summed E-state index contributed by atoms with van der Waals surface area (Å²) in [6.45, 7) is -0.107. The van der Waals surface area contributed by atoms with E-state index >= 15 is 0 Å². The maximum atomic E-state index is 13.2. The van der Waals surface area contributed by atoms with Gasteiger partial charge < -0.3 is 24.3 Å². The molecule has 1 fully saturated rings. The molecule has 0 radical (unpaired) electrons. The molecular formula is C25H20N2O8S. The van der Waals surface area contributed by atoms with Crippen LogP contribution in [0.1, 0.15) is 10.4 Å². The lowest BCUT2D eigenvalue weighted by Gasteiger charge is -2.55. The summed E-state index contributed by atoms with van der Waals surface area (Å²) in [5, 5.41) is 12.5. The zero-order valence-corrected chi connectivity index (χ0v) is 19.7. The number of nitrogens with zero attached hydrogens (tertiary/aromatic N) is 1. The van der Waals surface area contributed by atoms with Gasteiger partial charge in [0, 0.05) is 41.5 Å². The molecule has 36 heavy (non-hydrogen) atoms. The van der Waals surface area contributed by atoms with Gasteiger partial charge in [-0.1, -0.05) is 18.2 Å². The fourth-order valence-corrected chi connectivity index (χ4v) is 5.61. The summed E-state index contributed by atoms with van der Waals surface area (Å²) in [6, 6.07) is 16.2. The number of thioether (sulfide) groups is 1. The van der Waals surface area contributed by atoms with Crippen LogP contribution < -0.4 is 15.7 Å². The average molecular weight is 509 g/mol. The van der Waals surface area contributed by atoms with Gasteiger partial charge in [0.05, 0.1) is 0 Å². The smallest absolute Gasteiger partial charge is 0.352 e. The molecule has 0 bridgehead atoms. The Morgan fingerprint density at radius 2 is 1.92 bits per heavy atom. The molecule has 2 atom stereocenters. The Hall–Kier alpha value is -4.09. The summed E-state index contributed by atoms with van der Waals surface area (Å²) < 4.78 is 16.4. The minimum Gasteiger partial charge on any atom is -0.489 e. The molecule has 10 nitrogen and oxygen atoms in total. The van der Waals surface area contributed by atoms with E-state index in [9.17, 15) is 24.3 Å². The Labute approximate surface area is 208 Å². The number of aliphatic carboxylic acids is 1. The second-order valence-electron chi connectivity index (χ2n) is 8.10. The van der Waals surface area contributed by atoms with Crippen molar-refractivity contribution in [3.63, 3.8) is 0 Å². The first kappa shape index (κ1) is 23.6. The van der Waals surface area contributed by atoms with Gasteiger partial charge in [-0.2, -0.15) is 0 Å². The van der Waals surface area contributed by atoms with Crippen molar-refractivity contribution in [2.45, 2.75) is 11.1 Å². The fraction of sp³-hybridized carbons (Fsp3) is 0.200. The molecule has 0 spiro atoms. The number of methoxy groups -OCH3 is 1. The van der Waals surface area contributed by atoms with Crippen molar-refractivity contribution in [3.05, 3.63) is 87.9 Å². The number of hydrogen-bond acceptors (Lipinski definition) is 8. The summed E-state index contributed by atoms with van der Waals surface area (Å²) in [5.41, 5.74) is -1.34. The summed E-state index contributed by atoms with van der Waals surface area (Å²) in [7, 11) is 1.29. The highest BCUT2D eigenvalue weighted by Gasteiger charge is 2.66. The van der Waals surface area contributed by atoms with Gasteiger partial charge in [-0.3, -0.25) is 14.5 Å². The molecule has 0 saturated carbocycles. The number of carboxylic acids is 1. The molecule has 1 saturated heterocycles. The number of carboxylic acid groups (broad SMARTS) is 1. The van der Waals surface area contributed by atoms with E-state index in [2.05, 4.69) is 5.32 Å².